The van der Waals surface area contributed by atoms with E-state index in [4.69, 9.17) is 4.74 Å². The average Bonchev–Trinajstić information content (AvgIpc) is 2.78. The predicted molar refractivity (Wildman–Crippen MR) is 114 cm³/mol. The second-order valence-corrected chi connectivity index (χ2v) is 7.21. The van der Waals surface area contributed by atoms with E-state index in [0.29, 0.717) is 32.0 Å². The number of ether oxygens (including phenoxy) is 1. The van der Waals surface area contributed by atoms with Crippen molar-refractivity contribution in [1.82, 2.24) is 9.88 Å². The van der Waals surface area contributed by atoms with Crippen LogP contribution in [0.1, 0.15) is 22.4 Å². The van der Waals surface area contributed by atoms with Crippen LogP contribution in [0.3, 0.4) is 0 Å². The van der Waals surface area contributed by atoms with E-state index in [9.17, 15) is 4.79 Å². The molecule has 0 unspecified atom stereocenters. The van der Waals surface area contributed by atoms with Crippen LogP contribution in [0.2, 0.25) is 0 Å². The number of nitrogens with zero attached hydrogens (tertiary/aromatic N) is 2. The molecule has 0 fully saturated rings. The predicted octanol–water partition coefficient (Wildman–Crippen LogP) is 4.43. The monoisotopic (exact) mass is 387 g/mol. The fourth-order valence-corrected chi connectivity index (χ4v) is 3.48. The van der Waals surface area contributed by atoms with E-state index in [0.717, 1.165) is 29.7 Å². The fourth-order valence-electron chi connectivity index (χ4n) is 3.48. The van der Waals surface area contributed by atoms with E-state index < -0.39 is 0 Å². The molecule has 2 amide bonds. The lowest BCUT2D eigenvalue weighted by atomic mass is 10.1. The third-order valence-electron chi connectivity index (χ3n) is 5.07. The van der Waals surface area contributed by atoms with Gasteiger partial charge in [-0.2, -0.15) is 0 Å². The van der Waals surface area contributed by atoms with Crippen LogP contribution in [-0.4, -0.2) is 29.1 Å². The Labute approximate surface area is 171 Å². The number of benzene rings is 2. The summed E-state index contributed by atoms with van der Waals surface area (Å²) in [5, 5.41) is 3.02. The topological polar surface area (TPSA) is 54.5 Å². The number of hydrogen-bond donors (Lipinski definition) is 1. The zero-order chi connectivity index (χ0) is 19.9. The van der Waals surface area contributed by atoms with Crippen molar-refractivity contribution in [3.8, 4) is 0 Å². The number of anilines is 1. The normalized spacial score (nSPS) is 12.8. The van der Waals surface area contributed by atoms with E-state index in [-0.39, 0.29) is 6.03 Å². The van der Waals surface area contributed by atoms with Gasteiger partial charge in [-0.05, 0) is 23.6 Å². The summed E-state index contributed by atoms with van der Waals surface area (Å²) < 4.78 is 5.51. The summed E-state index contributed by atoms with van der Waals surface area (Å²) in [5.74, 6) is 0. The van der Waals surface area contributed by atoms with Gasteiger partial charge in [-0.3, -0.25) is 4.98 Å². The smallest absolute Gasteiger partial charge is 0.322 e. The molecule has 148 valence electrons. The van der Waals surface area contributed by atoms with Crippen molar-refractivity contribution < 1.29 is 9.53 Å². The minimum atomic E-state index is -0.122. The number of rotatable bonds is 6. The number of carbonyl (C=O) groups is 1. The highest BCUT2D eigenvalue weighted by molar-refractivity contribution is 5.89. The first-order valence-electron chi connectivity index (χ1n) is 9.97. The summed E-state index contributed by atoms with van der Waals surface area (Å²) in [6, 6.07) is 22.1. The third kappa shape index (κ3) is 5.21. The first-order valence-corrected chi connectivity index (χ1v) is 9.97. The Morgan fingerprint density at radius 2 is 1.76 bits per heavy atom. The SMILES string of the molecule is O=C(Nc1cnc2c(c1)COCC2)N(CCc1ccccc1)Cc1ccccc1. The van der Waals surface area contributed by atoms with Crippen LogP contribution >= 0.6 is 0 Å². The summed E-state index contributed by atoms with van der Waals surface area (Å²) in [6.45, 7) is 2.44. The summed E-state index contributed by atoms with van der Waals surface area (Å²) >= 11 is 0. The lowest BCUT2D eigenvalue weighted by molar-refractivity contribution is 0.109. The number of carbonyl (C=O) groups excluding carboxylic acids is 1. The Hall–Kier alpha value is -3.18. The molecule has 1 aromatic heterocycles. The van der Waals surface area contributed by atoms with Crippen LogP contribution in [0.15, 0.2) is 72.9 Å². The number of amides is 2. The van der Waals surface area contributed by atoms with Gasteiger partial charge in [0.15, 0.2) is 0 Å². The maximum absolute atomic E-state index is 13.1. The molecule has 4 rings (SSSR count). The summed E-state index contributed by atoms with van der Waals surface area (Å²) in [4.78, 5) is 19.4. The van der Waals surface area contributed by atoms with Crippen LogP contribution in [-0.2, 0) is 30.7 Å². The molecule has 0 saturated heterocycles. The van der Waals surface area contributed by atoms with E-state index in [1.165, 1.54) is 5.56 Å². The molecule has 1 N–H and O–H groups in total. The minimum absolute atomic E-state index is 0.122. The Balaban J connectivity index is 1.47. The molecule has 0 atom stereocenters. The quantitative estimate of drug-likeness (QED) is 0.681. The van der Waals surface area contributed by atoms with Crippen molar-refractivity contribution in [2.75, 3.05) is 18.5 Å². The van der Waals surface area contributed by atoms with Gasteiger partial charge in [-0.25, -0.2) is 4.79 Å². The first-order chi connectivity index (χ1) is 14.3. The molecule has 5 heteroatoms. The Bertz CT molecular complexity index is 945. The lowest BCUT2D eigenvalue weighted by Crippen LogP contribution is -2.36. The number of pyridine rings is 1. The molecule has 3 aromatic rings. The molecule has 2 heterocycles. The highest BCUT2D eigenvalue weighted by atomic mass is 16.5. The third-order valence-corrected chi connectivity index (χ3v) is 5.07. The van der Waals surface area contributed by atoms with Crippen LogP contribution in [0.5, 0.6) is 0 Å². The molecule has 0 bridgehead atoms. The van der Waals surface area contributed by atoms with Crippen molar-refractivity contribution in [2.45, 2.75) is 26.0 Å². The zero-order valence-electron chi connectivity index (χ0n) is 16.4. The second-order valence-electron chi connectivity index (χ2n) is 7.21. The van der Waals surface area contributed by atoms with Crippen LogP contribution < -0.4 is 5.32 Å². The number of nitrogens with one attached hydrogen (secondary N) is 1. The van der Waals surface area contributed by atoms with E-state index >= 15 is 0 Å². The van der Waals surface area contributed by atoms with Gasteiger partial charge < -0.3 is 15.0 Å². The molecule has 0 saturated carbocycles. The molecule has 29 heavy (non-hydrogen) atoms. The first kappa shape index (κ1) is 19.2. The fraction of sp³-hybridized carbons (Fsp3) is 0.250. The molecular formula is C24H25N3O2. The van der Waals surface area contributed by atoms with Gasteiger partial charge in [-0.15, -0.1) is 0 Å². The Morgan fingerprint density at radius 1 is 1.03 bits per heavy atom. The molecular weight excluding hydrogens is 362 g/mol. The number of aromatic nitrogens is 1. The van der Waals surface area contributed by atoms with E-state index in [1.54, 1.807) is 6.20 Å². The molecule has 2 aromatic carbocycles. The highest BCUT2D eigenvalue weighted by Gasteiger charge is 2.17. The van der Waals surface area contributed by atoms with Crippen LogP contribution in [0, 0.1) is 0 Å². The van der Waals surface area contributed by atoms with Crippen molar-refractivity contribution in [1.29, 1.82) is 0 Å². The van der Waals surface area contributed by atoms with Gasteiger partial charge in [0.25, 0.3) is 0 Å². The Kier molecular flexibility index (Phi) is 6.17. The minimum Gasteiger partial charge on any atom is -0.376 e. The second kappa shape index (κ2) is 9.34. The Morgan fingerprint density at radius 3 is 2.52 bits per heavy atom. The molecule has 1 aliphatic rings. The maximum Gasteiger partial charge on any atom is 0.322 e. The summed E-state index contributed by atoms with van der Waals surface area (Å²) in [5.41, 5.74) is 5.13. The lowest BCUT2D eigenvalue weighted by Gasteiger charge is -2.24. The molecule has 0 spiro atoms. The van der Waals surface area contributed by atoms with Gasteiger partial charge in [0.05, 0.1) is 25.1 Å². The van der Waals surface area contributed by atoms with Gasteiger partial charge in [0.2, 0.25) is 0 Å². The van der Waals surface area contributed by atoms with Gasteiger partial charge in [-0.1, -0.05) is 60.7 Å². The largest absolute Gasteiger partial charge is 0.376 e. The van der Waals surface area contributed by atoms with Gasteiger partial charge in [0, 0.05) is 30.8 Å². The van der Waals surface area contributed by atoms with Crippen LogP contribution in [0.25, 0.3) is 0 Å². The highest BCUT2D eigenvalue weighted by Crippen LogP contribution is 2.19. The van der Waals surface area contributed by atoms with Crippen molar-refractivity contribution in [2.24, 2.45) is 0 Å². The van der Waals surface area contributed by atoms with Crippen molar-refractivity contribution in [3.05, 3.63) is 95.3 Å². The van der Waals surface area contributed by atoms with Gasteiger partial charge in [0.1, 0.15) is 0 Å². The standard InChI is InChI=1S/C24H25N3O2/c28-24(26-22-15-21-18-29-14-12-23(21)25-16-22)27(17-20-9-5-2-6-10-20)13-11-19-7-3-1-4-8-19/h1-10,15-16H,11-14,17-18H2,(H,26,28). The van der Waals surface area contributed by atoms with Gasteiger partial charge >= 0.3 is 6.03 Å². The van der Waals surface area contributed by atoms with Crippen LogP contribution in [0.4, 0.5) is 10.5 Å². The van der Waals surface area contributed by atoms with Crippen molar-refractivity contribution >= 4 is 11.7 Å². The number of hydrogen-bond acceptors (Lipinski definition) is 3. The average molecular weight is 387 g/mol. The summed E-state index contributed by atoms with van der Waals surface area (Å²) in [7, 11) is 0. The number of urea groups is 1. The molecule has 0 aliphatic carbocycles. The van der Waals surface area contributed by atoms with E-state index in [2.05, 4.69) is 22.4 Å². The molecule has 1 aliphatic heterocycles. The van der Waals surface area contributed by atoms with Crippen molar-refractivity contribution in [3.63, 3.8) is 0 Å². The molecule has 5 nitrogen and oxygen atoms in total. The zero-order valence-corrected chi connectivity index (χ0v) is 16.4. The number of fused-ring (bicyclic) bond motifs is 1. The summed E-state index contributed by atoms with van der Waals surface area (Å²) in [6.07, 6.45) is 3.36. The maximum atomic E-state index is 13.1. The molecule has 0 radical (unpaired) electrons. The van der Waals surface area contributed by atoms with E-state index in [1.807, 2.05) is 59.5 Å².